The van der Waals surface area contributed by atoms with Gasteiger partial charge in [-0.3, -0.25) is 0 Å². The molecule has 3 aromatic heterocycles. The first-order valence-electron chi connectivity index (χ1n) is 14.3. The van der Waals surface area contributed by atoms with E-state index in [-0.39, 0.29) is 24.4 Å². The molecule has 4 aromatic rings. The normalized spacial score (nSPS) is 22.7. The monoisotopic (exact) mass is 621 g/mol. The number of unbranched alkanes of at least 4 members (excludes halogenated alkanes) is 1. The minimum Gasteiger partial charge on any atom is -0.390 e. The van der Waals surface area contributed by atoms with Crippen LogP contribution in [0, 0.1) is 5.92 Å². The van der Waals surface area contributed by atoms with Crippen molar-refractivity contribution in [2.45, 2.75) is 82.7 Å². The van der Waals surface area contributed by atoms with E-state index in [1.807, 2.05) is 22.9 Å². The SMILES string of the molecule is CC(C)N(CCCCc1nc2cc(Cl)c(Cl)cc2[nH]1)C[C@H]1C[C@@H](n2ccc3c(NC4CC4)ncnc32)[C@H](O)[C@@H]1O.Cl. The van der Waals surface area contributed by atoms with Crippen LogP contribution in [0.15, 0.2) is 30.7 Å². The number of aryl methyl sites for hydroxylation is 1. The highest BCUT2D eigenvalue weighted by atomic mass is 35.5. The van der Waals surface area contributed by atoms with Crippen LogP contribution in [0.4, 0.5) is 5.82 Å². The van der Waals surface area contributed by atoms with Crippen molar-refractivity contribution in [2.75, 3.05) is 18.4 Å². The molecular formula is C29H38Cl3N7O2. The van der Waals surface area contributed by atoms with Gasteiger partial charge in [-0.15, -0.1) is 12.4 Å². The topological polar surface area (TPSA) is 115 Å². The fraction of sp³-hybridized carbons (Fsp3) is 0.552. The molecule has 1 aromatic carbocycles. The van der Waals surface area contributed by atoms with E-state index >= 15 is 0 Å². The van der Waals surface area contributed by atoms with E-state index in [9.17, 15) is 10.2 Å². The van der Waals surface area contributed by atoms with Crippen LogP contribution in [0.1, 0.15) is 57.8 Å². The van der Waals surface area contributed by atoms with Gasteiger partial charge in [0.25, 0.3) is 0 Å². The summed E-state index contributed by atoms with van der Waals surface area (Å²) in [6.45, 7) is 6.02. The molecule has 0 saturated heterocycles. The van der Waals surface area contributed by atoms with Gasteiger partial charge >= 0.3 is 0 Å². The molecule has 4 atom stereocenters. The number of hydrogen-bond acceptors (Lipinski definition) is 7. The summed E-state index contributed by atoms with van der Waals surface area (Å²) in [6, 6.07) is 6.21. The van der Waals surface area contributed by atoms with Crippen LogP contribution in [0.25, 0.3) is 22.1 Å². The van der Waals surface area contributed by atoms with Crippen molar-refractivity contribution in [1.29, 1.82) is 0 Å². The lowest BCUT2D eigenvalue weighted by molar-refractivity contribution is -0.00171. The Kier molecular flexibility index (Phi) is 9.33. The Hall–Kier alpha value is -2.14. The van der Waals surface area contributed by atoms with E-state index in [1.165, 1.54) is 0 Å². The number of H-pyrrole nitrogens is 1. The Balaban J connectivity index is 0.00000337. The summed E-state index contributed by atoms with van der Waals surface area (Å²) >= 11 is 12.3. The van der Waals surface area contributed by atoms with Crippen LogP contribution in [0.5, 0.6) is 0 Å². The number of aliphatic hydroxyl groups is 2. The van der Waals surface area contributed by atoms with E-state index in [2.05, 4.69) is 44.0 Å². The lowest BCUT2D eigenvalue weighted by Crippen LogP contribution is -2.40. The Bertz CT molecular complexity index is 1450. The van der Waals surface area contributed by atoms with Gasteiger partial charge in [-0.1, -0.05) is 23.2 Å². The molecule has 3 heterocycles. The van der Waals surface area contributed by atoms with Crippen molar-refractivity contribution in [3.8, 4) is 0 Å². The Morgan fingerprint density at radius 2 is 1.90 bits per heavy atom. The van der Waals surface area contributed by atoms with Crippen molar-refractivity contribution in [3.63, 3.8) is 0 Å². The first-order chi connectivity index (χ1) is 19.3. The van der Waals surface area contributed by atoms with Crippen LogP contribution in [0.2, 0.25) is 10.0 Å². The zero-order chi connectivity index (χ0) is 28.0. The maximum atomic E-state index is 11.1. The Morgan fingerprint density at radius 3 is 2.66 bits per heavy atom. The van der Waals surface area contributed by atoms with E-state index < -0.39 is 12.2 Å². The van der Waals surface area contributed by atoms with Crippen LogP contribution in [-0.4, -0.2) is 77.0 Å². The third kappa shape index (κ3) is 6.45. The van der Waals surface area contributed by atoms with Gasteiger partial charge in [0.1, 0.15) is 29.7 Å². The van der Waals surface area contributed by atoms with Crippen LogP contribution >= 0.6 is 35.6 Å². The maximum Gasteiger partial charge on any atom is 0.145 e. The van der Waals surface area contributed by atoms with E-state index in [0.29, 0.717) is 28.5 Å². The molecule has 0 unspecified atom stereocenters. The van der Waals surface area contributed by atoms with Crippen molar-refractivity contribution in [3.05, 3.63) is 46.6 Å². The van der Waals surface area contributed by atoms with Crippen LogP contribution < -0.4 is 5.32 Å². The van der Waals surface area contributed by atoms with Gasteiger partial charge in [-0.2, -0.15) is 0 Å². The molecular weight excluding hydrogens is 585 g/mol. The number of aromatic amines is 1. The predicted molar refractivity (Wildman–Crippen MR) is 166 cm³/mol. The largest absolute Gasteiger partial charge is 0.390 e. The second kappa shape index (κ2) is 12.6. The Morgan fingerprint density at radius 1 is 1.12 bits per heavy atom. The first kappa shape index (κ1) is 30.3. The number of nitrogens with one attached hydrogen (secondary N) is 2. The number of fused-ring (bicyclic) bond motifs is 2. The molecule has 0 bridgehead atoms. The third-order valence-electron chi connectivity index (χ3n) is 8.44. The zero-order valence-electron chi connectivity index (χ0n) is 23.3. The van der Waals surface area contributed by atoms with Gasteiger partial charge in [0, 0.05) is 37.2 Å². The van der Waals surface area contributed by atoms with Crippen molar-refractivity contribution >= 4 is 63.5 Å². The number of rotatable bonds is 11. The second-order valence-corrected chi connectivity index (χ2v) is 12.5. The molecule has 0 spiro atoms. The molecule has 0 amide bonds. The molecule has 41 heavy (non-hydrogen) atoms. The van der Waals surface area contributed by atoms with Crippen molar-refractivity contribution < 1.29 is 10.2 Å². The number of anilines is 1. The molecule has 222 valence electrons. The van der Waals surface area contributed by atoms with Gasteiger partial charge in [0.2, 0.25) is 0 Å². The smallest absolute Gasteiger partial charge is 0.145 e. The molecule has 0 radical (unpaired) electrons. The third-order valence-corrected chi connectivity index (χ3v) is 9.16. The lowest BCUT2D eigenvalue weighted by Gasteiger charge is -2.30. The van der Waals surface area contributed by atoms with Gasteiger partial charge in [0.15, 0.2) is 0 Å². The zero-order valence-corrected chi connectivity index (χ0v) is 25.6. The van der Waals surface area contributed by atoms with Gasteiger partial charge < -0.3 is 30.0 Å². The van der Waals surface area contributed by atoms with Gasteiger partial charge in [-0.25, -0.2) is 15.0 Å². The second-order valence-electron chi connectivity index (χ2n) is 11.7. The summed E-state index contributed by atoms with van der Waals surface area (Å²) in [5, 5.41) is 27.6. The average molecular weight is 623 g/mol. The fourth-order valence-corrected chi connectivity index (χ4v) is 6.30. The lowest BCUT2D eigenvalue weighted by atomic mass is 10.0. The highest BCUT2D eigenvalue weighted by Crippen LogP contribution is 2.39. The van der Waals surface area contributed by atoms with Gasteiger partial charge in [0.05, 0.1) is 38.6 Å². The molecule has 2 aliphatic carbocycles. The number of imidazole rings is 1. The summed E-state index contributed by atoms with van der Waals surface area (Å²) in [7, 11) is 0. The highest BCUT2D eigenvalue weighted by molar-refractivity contribution is 6.42. The molecule has 2 fully saturated rings. The molecule has 4 N–H and O–H groups in total. The predicted octanol–water partition coefficient (Wildman–Crippen LogP) is 5.63. The molecule has 2 aliphatic rings. The minimum absolute atomic E-state index is 0. The number of aliphatic hydroxyl groups excluding tert-OH is 2. The maximum absolute atomic E-state index is 11.1. The van der Waals surface area contributed by atoms with Gasteiger partial charge in [-0.05, 0) is 70.7 Å². The summed E-state index contributed by atoms with van der Waals surface area (Å²) in [5.74, 6) is 1.74. The average Bonchev–Trinajstić information content (AvgIpc) is 3.39. The van der Waals surface area contributed by atoms with Crippen LogP contribution in [-0.2, 0) is 6.42 Å². The summed E-state index contributed by atoms with van der Waals surface area (Å²) < 4.78 is 2.02. The minimum atomic E-state index is -0.848. The number of hydrogen-bond donors (Lipinski definition) is 4. The fourth-order valence-electron chi connectivity index (χ4n) is 5.98. The first-order valence-corrected chi connectivity index (χ1v) is 15.1. The number of benzene rings is 1. The summed E-state index contributed by atoms with van der Waals surface area (Å²) in [5.41, 5.74) is 2.52. The molecule has 6 rings (SSSR count). The van der Waals surface area contributed by atoms with E-state index in [1.54, 1.807) is 12.4 Å². The highest BCUT2D eigenvalue weighted by Gasteiger charge is 2.43. The molecule has 9 nitrogen and oxygen atoms in total. The molecule has 2 saturated carbocycles. The number of nitrogens with zero attached hydrogens (tertiary/aromatic N) is 5. The number of aromatic nitrogens is 5. The quantitative estimate of drug-likeness (QED) is 0.160. The van der Waals surface area contributed by atoms with Crippen LogP contribution in [0.3, 0.4) is 0 Å². The van der Waals surface area contributed by atoms with E-state index in [4.69, 9.17) is 23.2 Å². The molecule has 12 heteroatoms. The Labute approximate surface area is 256 Å². The summed E-state index contributed by atoms with van der Waals surface area (Å²) in [6.07, 6.45) is 7.75. The van der Waals surface area contributed by atoms with Crippen molar-refractivity contribution in [1.82, 2.24) is 29.4 Å². The number of halogens is 3. The summed E-state index contributed by atoms with van der Waals surface area (Å²) in [4.78, 5) is 19.4. The molecule has 0 aliphatic heterocycles. The van der Waals surface area contributed by atoms with Crippen molar-refractivity contribution in [2.24, 2.45) is 5.92 Å². The van der Waals surface area contributed by atoms with E-state index in [0.717, 1.165) is 78.9 Å². The standard InChI is InChI=1S/C29H37Cl2N7O2.ClH/c1-16(2)37(9-4-3-5-25-35-22-12-20(30)21(31)13-23(22)36-25)14-17-11-24(27(40)26(17)39)38-10-8-19-28(34-18-6-7-18)32-15-33-29(19)38;/h8,10,12-13,15-18,24,26-27,39-40H,3-7,9,11,14H2,1-2H3,(H,35,36)(H,32,33,34);1H/t17-,24-,26-,27+;/m1./s1.